The molecule has 1 N–H and O–H groups in total. The van der Waals surface area contributed by atoms with Gasteiger partial charge in [0, 0.05) is 17.3 Å². The number of methoxy groups -OCH3 is 1. The molecule has 0 unspecified atom stereocenters. The minimum absolute atomic E-state index is 0.394. The standard InChI is InChI=1S/C21H19Cl3N4O4/c1-30-18-9-4-3-8-16(18)17-11-19(26-13-25-17)27-14-6-5-7-15(10-14)28(31-2)20(29)32-12-21(22,23)24/h3-11,13H,12H2,1-2H3,(H,25,26,27). The van der Waals surface area contributed by atoms with Crippen molar-refractivity contribution in [3.63, 3.8) is 0 Å². The predicted molar refractivity (Wildman–Crippen MR) is 125 cm³/mol. The molecule has 0 saturated carbocycles. The van der Waals surface area contributed by atoms with Crippen LogP contribution in [0.25, 0.3) is 11.3 Å². The van der Waals surface area contributed by atoms with Gasteiger partial charge in [-0.05, 0) is 30.3 Å². The molecule has 0 fully saturated rings. The molecular weight excluding hydrogens is 479 g/mol. The molecule has 0 atom stereocenters. The number of amides is 1. The number of carbonyl (C=O) groups excluding carboxylic acids is 1. The number of anilines is 3. The number of carbonyl (C=O) groups is 1. The van der Waals surface area contributed by atoms with Crippen molar-refractivity contribution in [3.8, 4) is 17.0 Å². The van der Waals surface area contributed by atoms with Crippen LogP contribution in [-0.4, -0.2) is 40.7 Å². The van der Waals surface area contributed by atoms with Gasteiger partial charge in [-0.2, -0.15) is 5.06 Å². The number of para-hydroxylation sites is 1. The molecule has 0 spiro atoms. The first-order chi connectivity index (χ1) is 15.3. The number of rotatable bonds is 7. The molecule has 168 valence electrons. The molecule has 3 rings (SSSR count). The molecule has 1 amide bonds. The molecule has 2 aromatic carbocycles. The van der Waals surface area contributed by atoms with E-state index in [2.05, 4.69) is 15.3 Å². The molecule has 0 aliphatic rings. The Morgan fingerprint density at radius 2 is 1.84 bits per heavy atom. The van der Waals surface area contributed by atoms with Crippen LogP contribution in [0.5, 0.6) is 5.75 Å². The molecule has 0 saturated heterocycles. The number of alkyl halides is 3. The Morgan fingerprint density at radius 3 is 2.56 bits per heavy atom. The van der Waals surface area contributed by atoms with Crippen LogP contribution in [0.1, 0.15) is 0 Å². The van der Waals surface area contributed by atoms with Crippen molar-refractivity contribution in [2.75, 3.05) is 31.2 Å². The van der Waals surface area contributed by atoms with Crippen molar-refractivity contribution in [1.29, 1.82) is 0 Å². The van der Waals surface area contributed by atoms with Gasteiger partial charge in [-0.1, -0.05) is 53.0 Å². The first-order valence-corrected chi connectivity index (χ1v) is 10.3. The molecule has 1 heterocycles. The van der Waals surface area contributed by atoms with Crippen LogP contribution in [0.2, 0.25) is 0 Å². The van der Waals surface area contributed by atoms with Crippen molar-refractivity contribution in [2.24, 2.45) is 0 Å². The fourth-order valence-electron chi connectivity index (χ4n) is 2.77. The third-order valence-electron chi connectivity index (χ3n) is 4.11. The SMILES string of the molecule is COc1ccccc1-c1cc(Nc2cccc(N(OC)C(=O)OCC(Cl)(Cl)Cl)c2)ncn1. The number of nitrogens with one attached hydrogen (secondary N) is 1. The number of aromatic nitrogens is 2. The second kappa shape index (κ2) is 10.7. The van der Waals surface area contributed by atoms with E-state index >= 15 is 0 Å². The quantitative estimate of drug-likeness (QED) is 0.327. The number of benzene rings is 2. The summed E-state index contributed by atoms with van der Waals surface area (Å²) in [4.78, 5) is 26.0. The Bertz CT molecular complexity index is 1080. The van der Waals surface area contributed by atoms with Gasteiger partial charge in [0.05, 0.1) is 25.6 Å². The highest BCUT2D eigenvalue weighted by molar-refractivity contribution is 6.67. The maximum atomic E-state index is 12.3. The fourth-order valence-corrected chi connectivity index (χ4v) is 2.94. The molecule has 0 aliphatic heterocycles. The van der Waals surface area contributed by atoms with Gasteiger partial charge in [-0.25, -0.2) is 14.8 Å². The Kier molecular flexibility index (Phi) is 7.98. The summed E-state index contributed by atoms with van der Waals surface area (Å²) >= 11 is 16.9. The van der Waals surface area contributed by atoms with Gasteiger partial charge in [0.2, 0.25) is 3.79 Å². The summed E-state index contributed by atoms with van der Waals surface area (Å²) in [6.45, 7) is -0.430. The van der Waals surface area contributed by atoms with Crippen LogP contribution in [-0.2, 0) is 9.57 Å². The lowest BCUT2D eigenvalue weighted by atomic mass is 10.1. The third-order valence-corrected chi connectivity index (χ3v) is 4.44. The minimum Gasteiger partial charge on any atom is -0.496 e. The zero-order valence-electron chi connectivity index (χ0n) is 17.1. The monoisotopic (exact) mass is 496 g/mol. The number of hydroxylamine groups is 1. The minimum atomic E-state index is -1.73. The van der Waals surface area contributed by atoms with Gasteiger partial charge >= 0.3 is 6.09 Å². The lowest BCUT2D eigenvalue weighted by molar-refractivity contribution is 0.101. The van der Waals surface area contributed by atoms with Crippen molar-refractivity contribution in [2.45, 2.75) is 3.79 Å². The van der Waals surface area contributed by atoms with E-state index in [1.54, 1.807) is 37.4 Å². The van der Waals surface area contributed by atoms with Crippen LogP contribution in [0.3, 0.4) is 0 Å². The summed E-state index contributed by atoms with van der Waals surface area (Å²) in [5.41, 5.74) is 2.55. The van der Waals surface area contributed by atoms with E-state index in [1.807, 2.05) is 24.3 Å². The summed E-state index contributed by atoms with van der Waals surface area (Å²) in [7, 11) is 2.92. The number of ether oxygens (including phenoxy) is 2. The first-order valence-electron chi connectivity index (χ1n) is 9.21. The van der Waals surface area contributed by atoms with E-state index in [4.69, 9.17) is 49.1 Å². The summed E-state index contributed by atoms with van der Waals surface area (Å²) in [6, 6.07) is 16.2. The zero-order valence-corrected chi connectivity index (χ0v) is 19.4. The fraction of sp³-hybridized carbons (Fsp3) is 0.190. The van der Waals surface area contributed by atoms with Gasteiger partial charge in [0.1, 0.15) is 24.5 Å². The van der Waals surface area contributed by atoms with E-state index in [-0.39, 0.29) is 0 Å². The predicted octanol–water partition coefficient (Wildman–Crippen LogP) is 5.77. The molecule has 0 bridgehead atoms. The number of halogens is 3. The van der Waals surface area contributed by atoms with Crippen LogP contribution in [0, 0.1) is 0 Å². The second-order valence-electron chi connectivity index (χ2n) is 6.31. The van der Waals surface area contributed by atoms with Gasteiger partial charge in [0.15, 0.2) is 0 Å². The topological polar surface area (TPSA) is 85.8 Å². The van der Waals surface area contributed by atoms with E-state index in [9.17, 15) is 4.79 Å². The highest BCUT2D eigenvalue weighted by Crippen LogP contribution is 2.30. The zero-order chi connectivity index (χ0) is 23.1. The van der Waals surface area contributed by atoms with Crippen molar-refractivity contribution in [3.05, 3.63) is 60.9 Å². The van der Waals surface area contributed by atoms with Crippen molar-refractivity contribution < 1.29 is 19.1 Å². The Morgan fingerprint density at radius 1 is 1.06 bits per heavy atom. The van der Waals surface area contributed by atoms with Crippen LogP contribution < -0.4 is 15.1 Å². The molecule has 8 nitrogen and oxygen atoms in total. The second-order valence-corrected chi connectivity index (χ2v) is 8.83. The molecule has 3 aromatic rings. The Balaban J connectivity index is 1.79. The molecule has 11 heteroatoms. The summed E-state index contributed by atoms with van der Waals surface area (Å²) < 4.78 is 8.65. The number of hydrogen-bond acceptors (Lipinski definition) is 7. The smallest absolute Gasteiger partial charge is 0.438 e. The Hall–Kier alpha value is -2.78. The number of nitrogens with zero attached hydrogens (tertiary/aromatic N) is 3. The van der Waals surface area contributed by atoms with Crippen LogP contribution in [0.4, 0.5) is 22.0 Å². The average molecular weight is 498 g/mol. The largest absolute Gasteiger partial charge is 0.496 e. The third kappa shape index (κ3) is 6.37. The van der Waals surface area contributed by atoms with E-state index in [1.165, 1.54) is 13.4 Å². The highest BCUT2D eigenvalue weighted by atomic mass is 35.6. The van der Waals surface area contributed by atoms with Gasteiger partial charge < -0.3 is 14.8 Å². The molecule has 1 aromatic heterocycles. The van der Waals surface area contributed by atoms with Gasteiger partial charge in [-0.3, -0.25) is 4.84 Å². The molecule has 0 aliphatic carbocycles. The number of hydrogen-bond donors (Lipinski definition) is 1. The maximum Gasteiger partial charge on any atom is 0.438 e. The van der Waals surface area contributed by atoms with Crippen LogP contribution in [0.15, 0.2) is 60.9 Å². The summed E-state index contributed by atoms with van der Waals surface area (Å²) in [6.07, 6.45) is 0.611. The average Bonchev–Trinajstić information content (AvgIpc) is 2.78. The first kappa shape index (κ1) is 23.9. The lowest BCUT2D eigenvalue weighted by Crippen LogP contribution is -2.32. The molecule has 32 heavy (non-hydrogen) atoms. The van der Waals surface area contributed by atoms with Gasteiger partial charge in [0.25, 0.3) is 0 Å². The van der Waals surface area contributed by atoms with E-state index < -0.39 is 16.5 Å². The molecule has 0 radical (unpaired) electrons. The van der Waals surface area contributed by atoms with E-state index in [0.717, 1.165) is 10.6 Å². The normalized spacial score (nSPS) is 11.0. The maximum absolute atomic E-state index is 12.3. The van der Waals surface area contributed by atoms with Crippen molar-refractivity contribution in [1.82, 2.24) is 9.97 Å². The summed E-state index contributed by atoms with van der Waals surface area (Å²) in [5, 5.41) is 4.11. The molecular formula is C21H19Cl3N4O4. The highest BCUT2D eigenvalue weighted by Gasteiger charge is 2.25. The van der Waals surface area contributed by atoms with E-state index in [0.29, 0.717) is 28.6 Å². The summed E-state index contributed by atoms with van der Waals surface area (Å²) in [5.74, 6) is 1.24. The Labute approximate surface area is 199 Å². The van der Waals surface area contributed by atoms with Crippen LogP contribution >= 0.6 is 34.8 Å². The lowest BCUT2D eigenvalue weighted by Gasteiger charge is -2.21. The van der Waals surface area contributed by atoms with Gasteiger partial charge in [-0.15, -0.1) is 0 Å². The van der Waals surface area contributed by atoms with Crippen molar-refractivity contribution >= 4 is 58.1 Å².